The zero-order valence-corrected chi connectivity index (χ0v) is 17.3. The predicted octanol–water partition coefficient (Wildman–Crippen LogP) is 3.57. The molecule has 1 fully saturated rings. The average molecular weight is 393 g/mol. The maximum atomic E-state index is 12.4. The van der Waals surface area contributed by atoms with E-state index in [1.165, 1.54) is 16.8 Å². The molecule has 2 amide bonds. The summed E-state index contributed by atoms with van der Waals surface area (Å²) >= 11 is 0. The van der Waals surface area contributed by atoms with Crippen LogP contribution in [0.15, 0.2) is 54.6 Å². The van der Waals surface area contributed by atoms with Crippen molar-refractivity contribution >= 4 is 11.7 Å². The second kappa shape index (κ2) is 9.31. The average Bonchev–Trinajstić information content (AvgIpc) is 3.16. The number of hydrogen-bond donors (Lipinski definition) is 2. The van der Waals surface area contributed by atoms with Gasteiger partial charge in [-0.2, -0.15) is 0 Å². The molecular formula is C24H32N4O. The van der Waals surface area contributed by atoms with Gasteiger partial charge in [0.15, 0.2) is 0 Å². The summed E-state index contributed by atoms with van der Waals surface area (Å²) in [6.07, 6.45) is 3.01. The molecule has 2 atom stereocenters. The van der Waals surface area contributed by atoms with Crippen molar-refractivity contribution in [2.45, 2.75) is 38.3 Å². The molecule has 1 aliphatic carbocycles. The van der Waals surface area contributed by atoms with E-state index in [0.717, 1.165) is 52.0 Å². The molecule has 0 aromatic heterocycles. The molecule has 2 N–H and O–H groups in total. The highest BCUT2D eigenvalue weighted by Gasteiger charge is 2.24. The van der Waals surface area contributed by atoms with Gasteiger partial charge >= 0.3 is 6.03 Å². The van der Waals surface area contributed by atoms with Crippen LogP contribution in [0.1, 0.15) is 36.9 Å². The molecule has 2 aromatic rings. The Kier molecular flexibility index (Phi) is 6.35. The zero-order valence-electron chi connectivity index (χ0n) is 17.3. The van der Waals surface area contributed by atoms with Gasteiger partial charge in [-0.25, -0.2) is 4.79 Å². The summed E-state index contributed by atoms with van der Waals surface area (Å²) in [7, 11) is 0. The Hall–Kier alpha value is -2.53. The molecule has 0 spiro atoms. The number of amides is 2. The monoisotopic (exact) mass is 392 g/mol. The number of carbonyl (C=O) groups is 1. The van der Waals surface area contributed by atoms with Crippen LogP contribution in [-0.4, -0.2) is 49.7 Å². The number of para-hydroxylation sites is 1. The number of benzene rings is 2. The lowest BCUT2D eigenvalue weighted by Crippen LogP contribution is -2.48. The highest BCUT2D eigenvalue weighted by molar-refractivity contribution is 5.75. The third kappa shape index (κ3) is 5.10. The summed E-state index contributed by atoms with van der Waals surface area (Å²) in [5.74, 6) is 0. The molecule has 1 aliphatic heterocycles. The fourth-order valence-corrected chi connectivity index (χ4v) is 4.45. The van der Waals surface area contributed by atoms with Crippen LogP contribution in [0.5, 0.6) is 0 Å². The van der Waals surface area contributed by atoms with Crippen molar-refractivity contribution in [1.82, 2.24) is 15.5 Å². The van der Waals surface area contributed by atoms with Crippen LogP contribution in [0.3, 0.4) is 0 Å². The van der Waals surface area contributed by atoms with Gasteiger partial charge < -0.3 is 15.5 Å². The SMILES string of the molecule is C[C@H](CCN1CCN(c2ccccc2)CC1)NC(=O)N[C@@H]1CCc2ccccc21. The van der Waals surface area contributed by atoms with Crippen LogP contribution in [0.2, 0.25) is 0 Å². The van der Waals surface area contributed by atoms with Gasteiger partial charge in [0.2, 0.25) is 0 Å². The second-order valence-corrected chi connectivity index (χ2v) is 8.26. The molecule has 4 rings (SSSR count). The number of nitrogens with zero attached hydrogens (tertiary/aromatic N) is 2. The van der Waals surface area contributed by atoms with Crippen molar-refractivity contribution in [3.8, 4) is 0 Å². The summed E-state index contributed by atoms with van der Waals surface area (Å²) in [4.78, 5) is 17.4. The smallest absolute Gasteiger partial charge is 0.315 e. The number of aryl methyl sites for hydroxylation is 1. The molecule has 0 radical (unpaired) electrons. The number of piperazine rings is 1. The lowest BCUT2D eigenvalue weighted by molar-refractivity contribution is 0.225. The van der Waals surface area contributed by atoms with Crippen molar-refractivity contribution in [3.63, 3.8) is 0 Å². The summed E-state index contributed by atoms with van der Waals surface area (Å²) in [6.45, 7) is 7.40. The summed E-state index contributed by atoms with van der Waals surface area (Å²) < 4.78 is 0. The lowest BCUT2D eigenvalue weighted by atomic mass is 10.1. The number of carbonyl (C=O) groups excluding carboxylic acids is 1. The molecule has 0 unspecified atom stereocenters. The van der Waals surface area contributed by atoms with Crippen LogP contribution in [0.25, 0.3) is 0 Å². The molecular weight excluding hydrogens is 360 g/mol. The molecule has 1 saturated heterocycles. The first-order valence-corrected chi connectivity index (χ1v) is 10.9. The topological polar surface area (TPSA) is 47.6 Å². The van der Waals surface area contributed by atoms with Crippen LogP contribution in [0, 0.1) is 0 Å². The highest BCUT2D eigenvalue weighted by Crippen LogP contribution is 2.30. The van der Waals surface area contributed by atoms with E-state index in [1.54, 1.807) is 0 Å². The van der Waals surface area contributed by atoms with E-state index in [4.69, 9.17) is 0 Å². The minimum absolute atomic E-state index is 0.0481. The van der Waals surface area contributed by atoms with Gasteiger partial charge in [0, 0.05) is 44.5 Å². The summed E-state index contributed by atoms with van der Waals surface area (Å²) in [5.41, 5.74) is 3.94. The standard InChI is InChI=1S/C24H32N4O/c1-19(25-24(29)26-23-12-11-20-7-5-6-10-22(20)23)13-14-27-15-17-28(18-16-27)21-8-3-2-4-9-21/h2-10,19,23H,11-18H2,1H3,(H2,25,26,29)/t19-,23-/m1/s1. The Balaban J connectivity index is 1.16. The number of nitrogens with one attached hydrogen (secondary N) is 2. The third-order valence-corrected chi connectivity index (χ3v) is 6.19. The number of fused-ring (bicyclic) bond motifs is 1. The minimum atomic E-state index is -0.0481. The van der Waals surface area contributed by atoms with E-state index in [2.05, 4.69) is 82.0 Å². The molecule has 29 heavy (non-hydrogen) atoms. The Morgan fingerprint density at radius 2 is 1.76 bits per heavy atom. The van der Waals surface area contributed by atoms with E-state index in [9.17, 15) is 4.79 Å². The van der Waals surface area contributed by atoms with Gasteiger partial charge in [-0.3, -0.25) is 4.90 Å². The molecule has 154 valence electrons. The van der Waals surface area contributed by atoms with Crippen molar-refractivity contribution in [2.24, 2.45) is 0 Å². The van der Waals surface area contributed by atoms with Crippen LogP contribution in [-0.2, 0) is 6.42 Å². The van der Waals surface area contributed by atoms with Gasteiger partial charge in [-0.1, -0.05) is 42.5 Å². The summed E-state index contributed by atoms with van der Waals surface area (Å²) in [6, 6.07) is 19.3. The largest absolute Gasteiger partial charge is 0.369 e. The van der Waals surface area contributed by atoms with Gasteiger partial charge in [0.1, 0.15) is 0 Å². The quantitative estimate of drug-likeness (QED) is 0.790. The van der Waals surface area contributed by atoms with Crippen molar-refractivity contribution in [1.29, 1.82) is 0 Å². The number of rotatable bonds is 6. The molecule has 5 nitrogen and oxygen atoms in total. The van der Waals surface area contributed by atoms with Crippen molar-refractivity contribution in [2.75, 3.05) is 37.6 Å². The van der Waals surface area contributed by atoms with E-state index < -0.39 is 0 Å². The Bertz CT molecular complexity index is 802. The molecule has 0 bridgehead atoms. The fraction of sp³-hybridized carbons (Fsp3) is 0.458. The van der Waals surface area contributed by atoms with Gasteiger partial charge in [-0.15, -0.1) is 0 Å². The Morgan fingerprint density at radius 1 is 1.03 bits per heavy atom. The molecule has 1 heterocycles. The van der Waals surface area contributed by atoms with Gasteiger partial charge in [0.05, 0.1) is 6.04 Å². The molecule has 2 aromatic carbocycles. The Labute approximate surface area is 174 Å². The first-order valence-electron chi connectivity index (χ1n) is 10.9. The fourth-order valence-electron chi connectivity index (χ4n) is 4.45. The maximum Gasteiger partial charge on any atom is 0.315 e. The van der Waals surface area contributed by atoms with E-state index in [1.807, 2.05) is 0 Å². The molecule has 5 heteroatoms. The first kappa shape index (κ1) is 19.8. The third-order valence-electron chi connectivity index (χ3n) is 6.19. The highest BCUT2D eigenvalue weighted by atomic mass is 16.2. The number of anilines is 1. The molecule has 0 saturated carbocycles. The van der Waals surface area contributed by atoms with E-state index >= 15 is 0 Å². The minimum Gasteiger partial charge on any atom is -0.369 e. The normalized spacial score (nSPS) is 20.2. The van der Waals surface area contributed by atoms with E-state index in [-0.39, 0.29) is 18.1 Å². The maximum absolute atomic E-state index is 12.4. The van der Waals surface area contributed by atoms with Crippen LogP contribution < -0.4 is 15.5 Å². The number of hydrogen-bond acceptors (Lipinski definition) is 3. The lowest BCUT2D eigenvalue weighted by Gasteiger charge is -2.36. The van der Waals surface area contributed by atoms with Crippen molar-refractivity contribution in [3.05, 3.63) is 65.7 Å². The second-order valence-electron chi connectivity index (χ2n) is 8.26. The molecule has 2 aliphatic rings. The van der Waals surface area contributed by atoms with Gasteiger partial charge in [0.25, 0.3) is 0 Å². The van der Waals surface area contributed by atoms with Gasteiger partial charge in [-0.05, 0) is 49.4 Å². The summed E-state index contributed by atoms with van der Waals surface area (Å²) in [5, 5.41) is 6.28. The van der Waals surface area contributed by atoms with Crippen LogP contribution in [0.4, 0.5) is 10.5 Å². The zero-order chi connectivity index (χ0) is 20.1. The van der Waals surface area contributed by atoms with Crippen LogP contribution >= 0.6 is 0 Å². The Morgan fingerprint density at radius 3 is 2.55 bits per heavy atom. The first-order chi connectivity index (χ1) is 14.2. The van der Waals surface area contributed by atoms with Crippen molar-refractivity contribution < 1.29 is 4.79 Å². The van der Waals surface area contributed by atoms with E-state index in [0.29, 0.717) is 0 Å². The predicted molar refractivity (Wildman–Crippen MR) is 118 cm³/mol. The number of urea groups is 1.